The van der Waals surface area contributed by atoms with E-state index in [0.717, 1.165) is 55.2 Å². The normalized spacial score (nSPS) is 15.0. The molecule has 184 valence electrons. The lowest BCUT2D eigenvalue weighted by molar-refractivity contribution is 0.0658. The third kappa shape index (κ3) is 6.30. The first-order valence-electron chi connectivity index (χ1n) is 12.1. The number of hydrogen-bond donors (Lipinski definition) is 2. The molecule has 1 aliphatic heterocycles. The van der Waals surface area contributed by atoms with E-state index in [1.807, 2.05) is 23.1 Å². The van der Waals surface area contributed by atoms with Crippen molar-refractivity contribution in [2.24, 2.45) is 0 Å². The van der Waals surface area contributed by atoms with Crippen molar-refractivity contribution in [3.05, 3.63) is 70.8 Å². The van der Waals surface area contributed by atoms with Gasteiger partial charge in [-0.15, -0.1) is 5.10 Å². The Hall–Kier alpha value is -3.59. The maximum atomic E-state index is 12.6. The monoisotopic (exact) mass is 474 g/mol. The molecule has 0 unspecified atom stereocenters. The molecule has 2 aromatic heterocycles. The number of nitrogens with one attached hydrogen (secondary N) is 2. The molecular weight excluding hydrogens is 440 g/mol. The Kier molecular flexibility index (Phi) is 7.87. The fraction of sp³-hybridized carbons (Fsp3) is 0.423. The van der Waals surface area contributed by atoms with Gasteiger partial charge in [0.2, 0.25) is 0 Å². The number of benzene rings is 1. The second kappa shape index (κ2) is 11.2. The first-order valence-corrected chi connectivity index (χ1v) is 12.1. The number of likely N-dealkylation sites (N-methyl/N-ethyl adjacent to an activating group) is 1. The van der Waals surface area contributed by atoms with Gasteiger partial charge < -0.3 is 20.4 Å². The summed E-state index contributed by atoms with van der Waals surface area (Å²) in [4.78, 5) is 25.4. The highest BCUT2D eigenvalue weighted by Gasteiger charge is 2.21. The zero-order valence-corrected chi connectivity index (χ0v) is 21.0. The third-order valence-electron chi connectivity index (χ3n) is 6.47. The molecule has 2 N–H and O–H groups in total. The van der Waals surface area contributed by atoms with E-state index in [1.165, 1.54) is 5.56 Å². The average Bonchev–Trinajstić information content (AvgIpc) is 2.87. The van der Waals surface area contributed by atoms with Crippen molar-refractivity contribution >= 4 is 17.5 Å². The van der Waals surface area contributed by atoms with Gasteiger partial charge in [-0.25, -0.2) is 9.97 Å². The summed E-state index contributed by atoms with van der Waals surface area (Å²) in [6, 6.07) is 10.4. The van der Waals surface area contributed by atoms with Crippen molar-refractivity contribution in [1.82, 2.24) is 30.0 Å². The third-order valence-corrected chi connectivity index (χ3v) is 6.47. The number of hydrogen-bond acceptors (Lipinski definition) is 8. The van der Waals surface area contributed by atoms with E-state index in [-0.39, 0.29) is 11.9 Å². The fourth-order valence-corrected chi connectivity index (χ4v) is 4.02. The highest BCUT2D eigenvalue weighted by atomic mass is 16.2. The van der Waals surface area contributed by atoms with Crippen molar-refractivity contribution in [2.45, 2.75) is 33.2 Å². The van der Waals surface area contributed by atoms with Gasteiger partial charge in [0.25, 0.3) is 5.91 Å². The predicted octanol–water partition coefficient (Wildman–Crippen LogP) is 2.77. The molecular formula is C26H34N8O. The van der Waals surface area contributed by atoms with Crippen LogP contribution in [-0.2, 0) is 6.42 Å². The number of aromatic nitrogens is 4. The van der Waals surface area contributed by atoms with Gasteiger partial charge >= 0.3 is 0 Å². The lowest BCUT2D eigenvalue weighted by atomic mass is 10.0. The Morgan fingerprint density at radius 3 is 2.43 bits per heavy atom. The Bertz CT molecular complexity index is 1130. The largest absolute Gasteiger partial charge is 0.366 e. The minimum absolute atomic E-state index is 0.0630. The van der Waals surface area contributed by atoms with Crippen molar-refractivity contribution in [2.75, 3.05) is 50.4 Å². The second-order valence-corrected chi connectivity index (χ2v) is 9.22. The molecule has 0 spiro atoms. The molecule has 0 radical (unpaired) electrons. The summed E-state index contributed by atoms with van der Waals surface area (Å²) >= 11 is 0. The summed E-state index contributed by atoms with van der Waals surface area (Å²) in [6.07, 6.45) is 3.94. The van der Waals surface area contributed by atoms with Crippen LogP contribution in [-0.4, -0.2) is 81.7 Å². The number of nitrogens with zero attached hydrogens (tertiary/aromatic N) is 6. The Labute approximate surface area is 207 Å². The van der Waals surface area contributed by atoms with Gasteiger partial charge in [-0.1, -0.05) is 30.3 Å². The SMILES string of the molecule is Cc1c(Cc2ccccc2)nnc(NC[C@@H](C)Nc2cnc(C(=O)N3CCN(C)CC3)cn2)c1C. The van der Waals surface area contributed by atoms with Crippen LogP contribution < -0.4 is 10.6 Å². The molecule has 1 amide bonds. The van der Waals surface area contributed by atoms with Crippen LogP contribution in [0.5, 0.6) is 0 Å². The van der Waals surface area contributed by atoms with Crippen LogP contribution in [0.3, 0.4) is 0 Å². The first-order chi connectivity index (χ1) is 16.9. The number of rotatable bonds is 8. The molecule has 0 saturated carbocycles. The zero-order chi connectivity index (χ0) is 24.8. The molecule has 0 aliphatic carbocycles. The lowest BCUT2D eigenvalue weighted by Crippen LogP contribution is -2.47. The van der Waals surface area contributed by atoms with E-state index in [9.17, 15) is 4.79 Å². The van der Waals surface area contributed by atoms with Gasteiger partial charge in [0.05, 0.1) is 18.1 Å². The smallest absolute Gasteiger partial charge is 0.274 e. The minimum atomic E-state index is -0.0630. The van der Waals surface area contributed by atoms with E-state index in [4.69, 9.17) is 0 Å². The molecule has 3 heterocycles. The van der Waals surface area contributed by atoms with Crippen molar-refractivity contribution in [1.29, 1.82) is 0 Å². The highest BCUT2D eigenvalue weighted by molar-refractivity contribution is 5.92. The Morgan fingerprint density at radius 2 is 1.74 bits per heavy atom. The van der Waals surface area contributed by atoms with Crippen molar-refractivity contribution < 1.29 is 4.79 Å². The Morgan fingerprint density at radius 1 is 1.00 bits per heavy atom. The van der Waals surface area contributed by atoms with Crippen LogP contribution >= 0.6 is 0 Å². The van der Waals surface area contributed by atoms with E-state index >= 15 is 0 Å². The lowest BCUT2D eigenvalue weighted by Gasteiger charge is -2.32. The summed E-state index contributed by atoms with van der Waals surface area (Å²) in [5, 5.41) is 15.6. The van der Waals surface area contributed by atoms with E-state index in [1.54, 1.807) is 12.4 Å². The average molecular weight is 475 g/mol. The molecule has 1 aromatic carbocycles. The molecule has 1 saturated heterocycles. The minimum Gasteiger partial charge on any atom is -0.366 e. The van der Waals surface area contributed by atoms with Gasteiger partial charge in [-0.05, 0) is 44.5 Å². The molecule has 35 heavy (non-hydrogen) atoms. The summed E-state index contributed by atoms with van der Waals surface area (Å²) < 4.78 is 0. The van der Waals surface area contributed by atoms with Gasteiger partial charge in [0, 0.05) is 45.2 Å². The van der Waals surface area contributed by atoms with E-state index in [2.05, 4.69) is 75.7 Å². The molecule has 1 atom stereocenters. The molecule has 0 bridgehead atoms. The quantitative estimate of drug-likeness (QED) is 0.514. The van der Waals surface area contributed by atoms with E-state index < -0.39 is 0 Å². The van der Waals surface area contributed by atoms with Gasteiger partial charge in [-0.3, -0.25) is 4.79 Å². The van der Waals surface area contributed by atoms with Gasteiger partial charge in [0.15, 0.2) is 5.82 Å². The van der Waals surface area contributed by atoms with Gasteiger partial charge in [-0.2, -0.15) is 5.10 Å². The van der Waals surface area contributed by atoms with Crippen molar-refractivity contribution in [3.63, 3.8) is 0 Å². The molecule has 4 rings (SSSR count). The Balaban J connectivity index is 1.30. The number of amides is 1. The second-order valence-electron chi connectivity index (χ2n) is 9.22. The summed E-state index contributed by atoms with van der Waals surface area (Å²) in [5.41, 5.74) is 4.85. The van der Waals surface area contributed by atoms with Crippen LogP contribution in [0.1, 0.15) is 39.8 Å². The van der Waals surface area contributed by atoms with Crippen LogP contribution in [0.15, 0.2) is 42.7 Å². The molecule has 3 aromatic rings. The van der Waals surface area contributed by atoms with Crippen molar-refractivity contribution in [3.8, 4) is 0 Å². The first kappa shape index (κ1) is 24.5. The molecule has 9 nitrogen and oxygen atoms in total. The number of carbonyl (C=O) groups is 1. The highest BCUT2D eigenvalue weighted by Crippen LogP contribution is 2.20. The molecule has 1 fully saturated rings. The number of carbonyl (C=O) groups excluding carboxylic acids is 1. The number of piperazine rings is 1. The maximum Gasteiger partial charge on any atom is 0.274 e. The predicted molar refractivity (Wildman–Crippen MR) is 138 cm³/mol. The summed E-state index contributed by atoms with van der Waals surface area (Å²) in [6.45, 7) is 10.0. The van der Waals surface area contributed by atoms with Crippen LogP contribution in [0, 0.1) is 13.8 Å². The topological polar surface area (TPSA) is 99.2 Å². The fourth-order valence-electron chi connectivity index (χ4n) is 4.02. The molecule has 9 heteroatoms. The van der Waals surface area contributed by atoms with Crippen LogP contribution in [0.25, 0.3) is 0 Å². The van der Waals surface area contributed by atoms with Crippen LogP contribution in [0.2, 0.25) is 0 Å². The molecule has 1 aliphatic rings. The van der Waals surface area contributed by atoms with Gasteiger partial charge in [0.1, 0.15) is 11.5 Å². The standard InChI is InChI=1S/C26H34N8O/c1-18(30-24-17-27-23(16-28-24)26(35)34-12-10-33(4)11-13-34)15-29-25-20(3)19(2)22(31-32-25)14-21-8-6-5-7-9-21/h5-9,16-18H,10-15H2,1-4H3,(H,28,30)(H,29,32)/t18-/m1/s1. The van der Waals surface area contributed by atoms with Crippen LogP contribution in [0.4, 0.5) is 11.6 Å². The summed E-state index contributed by atoms with van der Waals surface area (Å²) in [5.74, 6) is 1.35. The number of anilines is 2. The summed E-state index contributed by atoms with van der Waals surface area (Å²) in [7, 11) is 2.06. The van der Waals surface area contributed by atoms with E-state index in [0.29, 0.717) is 18.1 Å². The maximum absolute atomic E-state index is 12.6. The zero-order valence-electron chi connectivity index (χ0n) is 21.0.